The van der Waals surface area contributed by atoms with Crippen molar-refractivity contribution in [1.29, 1.82) is 0 Å². The molecule has 0 atom stereocenters. The topological polar surface area (TPSA) is 90.2 Å². The Hall–Kier alpha value is -2.34. The zero-order valence-electron chi connectivity index (χ0n) is 21.5. The smallest absolute Gasteiger partial charge is 0.308 e. The van der Waals surface area contributed by atoms with Gasteiger partial charge in [0.2, 0.25) is 11.6 Å². The molecule has 1 fully saturated rings. The lowest BCUT2D eigenvalue weighted by molar-refractivity contribution is -0.343. The minimum Gasteiger partial charge on any atom is -0.308 e. The van der Waals surface area contributed by atoms with Crippen molar-refractivity contribution in [2.24, 2.45) is 10.8 Å². The van der Waals surface area contributed by atoms with Crippen LogP contribution in [0.1, 0.15) is 53.4 Å². The van der Waals surface area contributed by atoms with E-state index in [1.807, 2.05) is 0 Å². The van der Waals surface area contributed by atoms with Crippen LogP contribution in [0.4, 0.5) is 61.5 Å². The molecule has 1 N–H and O–H groups in total. The molecular weight excluding hydrogens is 608 g/mol. The van der Waals surface area contributed by atoms with Crippen LogP contribution in [-0.2, 0) is 19.2 Å². The van der Waals surface area contributed by atoms with Crippen LogP contribution in [0.3, 0.4) is 0 Å². The molecule has 238 valence electrons. The minimum atomic E-state index is -6.83. The van der Waals surface area contributed by atoms with E-state index in [0.29, 0.717) is 0 Å². The fourth-order valence-electron chi connectivity index (χ4n) is 4.03. The molecule has 1 aliphatic heterocycles. The van der Waals surface area contributed by atoms with Gasteiger partial charge in [0.15, 0.2) is 0 Å². The van der Waals surface area contributed by atoms with Gasteiger partial charge in [0.1, 0.15) is 11.6 Å². The molecule has 1 rings (SSSR count). The second kappa shape index (κ2) is 10.4. The zero-order chi connectivity index (χ0) is 33.1. The molecule has 0 saturated carbocycles. The molecule has 0 aromatic heterocycles. The average Bonchev–Trinajstić information content (AvgIpc) is 3.48. The predicted molar refractivity (Wildman–Crippen MR) is 109 cm³/mol. The van der Waals surface area contributed by atoms with Crippen LogP contribution in [0, 0.1) is 10.8 Å². The summed E-state index contributed by atoms with van der Waals surface area (Å²) in [6, 6.07) is 0. The summed E-state index contributed by atoms with van der Waals surface area (Å²) in [6.07, 6.45) is -18.9. The van der Waals surface area contributed by atoms with E-state index in [-0.39, 0.29) is 6.54 Å². The lowest BCUT2D eigenvalue weighted by atomic mass is 9.70. The lowest BCUT2D eigenvalue weighted by Crippen LogP contribution is -2.56. The number of alkyl halides is 14. The minimum absolute atomic E-state index is 0.118. The third-order valence-corrected chi connectivity index (χ3v) is 6.59. The van der Waals surface area contributed by atoms with Gasteiger partial charge in [-0.2, -0.15) is 61.5 Å². The van der Waals surface area contributed by atoms with Crippen LogP contribution in [0.25, 0.3) is 0 Å². The van der Waals surface area contributed by atoms with Crippen LogP contribution >= 0.6 is 0 Å². The molecule has 0 bridgehead atoms. The number of rotatable bonds is 14. The molecular formula is C22H23F14NO4. The number of Topliss-reactive ketones (excluding diaryl/α,β-unsaturated/α-hetero) is 4. The molecule has 1 heterocycles. The van der Waals surface area contributed by atoms with Gasteiger partial charge in [0.25, 0.3) is 0 Å². The molecule has 41 heavy (non-hydrogen) atoms. The highest BCUT2D eigenvalue weighted by molar-refractivity contribution is 6.05. The Bertz CT molecular complexity index is 989. The number of ketones is 4. The Labute approximate surface area is 222 Å². The fourth-order valence-corrected chi connectivity index (χ4v) is 4.03. The Morgan fingerprint density at radius 2 is 0.780 bits per heavy atom. The SMILES string of the molecule is CC(C)(CC1(CC(C)(C)C(=O)CC(=O)C(F)(F)C(F)(F)C(F)(F)F)CN1)C(=O)CC(=O)C(F)(F)C(F)(F)C(F)(F)F. The molecule has 0 spiro atoms. The van der Waals surface area contributed by atoms with E-state index >= 15 is 0 Å². The first-order valence-corrected chi connectivity index (χ1v) is 11.2. The summed E-state index contributed by atoms with van der Waals surface area (Å²) in [6.45, 7) is 3.78. The first-order chi connectivity index (χ1) is 17.7. The molecule has 1 saturated heterocycles. The normalized spacial score (nSPS) is 17.3. The van der Waals surface area contributed by atoms with Crippen molar-refractivity contribution in [1.82, 2.24) is 5.32 Å². The maximum atomic E-state index is 13.6. The van der Waals surface area contributed by atoms with E-state index in [2.05, 4.69) is 5.32 Å². The standard InChI is InChI=1S/C22H23F14NO4/c1-14(2,10(38)5-12(40)17(23,24)19(27,28)21(31,32)33)7-16(9-37-16)8-15(3,4)11(39)6-13(41)18(25,26)20(29,30)22(34,35)36/h37H,5-9H2,1-4H3. The van der Waals surface area contributed by atoms with Crippen LogP contribution in [0.15, 0.2) is 0 Å². The summed E-state index contributed by atoms with van der Waals surface area (Å²) in [4.78, 5) is 48.1. The molecule has 0 aromatic rings. The Balaban J connectivity index is 3.02. The summed E-state index contributed by atoms with van der Waals surface area (Å²) < 4.78 is 181. The Kier molecular flexibility index (Phi) is 9.33. The largest absolute Gasteiger partial charge is 0.460 e. The third kappa shape index (κ3) is 7.01. The van der Waals surface area contributed by atoms with Crippen molar-refractivity contribution in [2.75, 3.05) is 6.54 Å². The van der Waals surface area contributed by atoms with E-state index in [4.69, 9.17) is 0 Å². The van der Waals surface area contributed by atoms with Crippen molar-refractivity contribution < 1.29 is 80.6 Å². The van der Waals surface area contributed by atoms with Crippen molar-refractivity contribution in [3.8, 4) is 0 Å². The summed E-state index contributed by atoms with van der Waals surface area (Å²) in [5.41, 5.74) is -5.25. The van der Waals surface area contributed by atoms with Crippen molar-refractivity contribution in [2.45, 2.75) is 95.0 Å². The van der Waals surface area contributed by atoms with Crippen molar-refractivity contribution >= 4 is 23.1 Å². The fraction of sp³-hybridized carbons (Fsp3) is 0.818. The molecule has 0 unspecified atom stereocenters. The molecule has 0 aromatic carbocycles. The summed E-state index contributed by atoms with van der Waals surface area (Å²) in [5.74, 6) is -35.4. The van der Waals surface area contributed by atoms with Gasteiger partial charge in [0, 0.05) is 22.9 Å². The zero-order valence-corrected chi connectivity index (χ0v) is 21.5. The average molecular weight is 631 g/mol. The van der Waals surface area contributed by atoms with Gasteiger partial charge >= 0.3 is 36.0 Å². The summed E-state index contributed by atoms with van der Waals surface area (Å²) in [5, 5.41) is 2.62. The number of hydrogen-bond acceptors (Lipinski definition) is 5. The summed E-state index contributed by atoms with van der Waals surface area (Å²) >= 11 is 0. The second-order valence-corrected chi connectivity index (χ2v) is 11.1. The van der Waals surface area contributed by atoms with Gasteiger partial charge < -0.3 is 5.32 Å². The van der Waals surface area contributed by atoms with Crippen molar-refractivity contribution in [3.63, 3.8) is 0 Å². The number of carbonyl (C=O) groups is 4. The number of nitrogens with one attached hydrogen (secondary N) is 1. The molecule has 1 aliphatic rings. The number of halogens is 14. The lowest BCUT2D eigenvalue weighted by Gasteiger charge is -2.33. The van der Waals surface area contributed by atoms with Gasteiger partial charge in [-0.1, -0.05) is 27.7 Å². The van der Waals surface area contributed by atoms with Gasteiger partial charge in [-0.25, -0.2) is 0 Å². The van der Waals surface area contributed by atoms with Crippen LogP contribution < -0.4 is 5.32 Å². The van der Waals surface area contributed by atoms with Crippen LogP contribution in [-0.4, -0.2) is 71.3 Å². The Morgan fingerprint density at radius 3 is 0.976 bits per heavy atom. The van der Waals surface area contributed by atoms with Crippen molar-refractivity contribution in [3.05, 3.63) is 0 Å². The van der Waals surface area contributed by atoms with Crippen LogP contribution in [0.2, 0.25) is 0 Å². The van der Waals surface area contributed by atoms with E-state index in [9.17, 15) is 80.6 Å². The molecule has 19 heteroatoms. The first kappa shape index (κ1) is 36.7. The second-order valence-electron chi connectivity index (χ2n) is 11.1. The summed E-state index contributed by atoms with van der Waals surface area (Å²) in [7, 11) is 0. The molecule has 0 radical (unpaired) electrons. The third-order valence-electron chi connectivity index (χ3n) is 6.59. The van der Waals surface area contributed by atoms with E-state index in [1.54, 1.807) is 0 Å². The van der Waals surface area contributed by atoms with E-state index < -0.39 is 101 Å². The van der Waals surface area contributed by atoms with E-state index in [0.717, 1.165) is 27.7 Å². The molecule has 0 aliphatic carbocycles. The monoisotopic (exact) mass is 631 g/mol. The van der Waals surface area contributed by atoms with Gasteiger partial charge in [-0.15, -0.1) is 0 Å². The highest BCUT2D eigenvalue weighted by Crippen LogP contribution is 2.50. The van der Waals surface area contributed by atoms with E-state index in [1.165, 1.54) is 0 Å². The maximum absolute atomic E-state index is 13.6. The highest BCUT2D eigenvalue weighted by Gasteiger charge is 2.77. The maximum Gasteiger partial charge on any atom is 0.460 e. The van der Waals surface area contributed by atoms with Crippen LogP contribution in [0.5, 0.6) is 0 Å². The first-order valence-electron chi connectivity index (χ1n) is 11.2. The quantitative estimate of drug-likeness (QED) is 0.147. The van der Waals surface area contributed by atoms with Gasteiger partial charge in [-0.05, 0) is 12.8 Å². The van der Waals surface area contributed by atoms with Gasteiger partial charge in [-0.3, -0.25) is 19.2 Å². The predicted octanol–water partition coefficient (Wildman–Crippen LogP) is 5.88. The van der Waals surface area contributed by atoms with Gasteiger partial charge in [0.05, 0.1) is 12.8 Å². The Morgan fingerprint density at radius 1 is 0.537 bits per heavy atom. The number of hydrogen-bond donors (Lipinski definition) is 1. The molecule has 5 nitrogen and oxygen atoms in total. The molecule has 0 amide bonds. The number of carbonyl (C=O) groups excluding carboxylic acids is 4. The highest BCUT2D eigenvalue weighted by atomic mass is 19.4.